The second-order valence-electron chi connectivity index (χ2n) is 4.81. The highest BCUT2D eigenvalue weighted by Gasteiger charge is 2.12. The lowest BCUT2D eigenvalue weighted by molar-refractivity contribution is 0.345. The molecule has 0 amide bonds. The SMILES string of the molecule is COc1cc(NCCC2CCCCC2)ccn1. The highest BCUT2D eigenvalue weighted by molar-refractivity contribution is 5.44. The molecule has 1 N–H and O–H groups in total. The summed E-state index contributed by atoms with van der Waals surface area (Å²) in [5.74, 6) is 1.60. The second-order valence-corrected chi connectivity index (χ2v) is 4.81. The van der Waals surface area contributed by atoms with E-state index in [1.54, 1.807) is 13.3 Å². The molecule has 94 valence electrons. The van der Waals surface area contributed by atoms with E-state index in [0.717, 1.165) is 18.2 Å². The summed E-state index contributed by atoms with van der Waals surface area (Å²) in [6.45, 7) is 1.05. The number of pyridine rings is 1. The van der Waals surface area contributed by atoms with Crippen LogP contribution in [0.3, 0.4) is 0 Å². The van der Waals surface area contributed by atoms with Crippen molar-refractivity contribution in [3.8, 4) is 5.88 Å². The van der Waals surface area contributed by atoms with E-state index in [-0.39, 0.29) is 0 Å². The molecule has 1 aliphatic rings. The van der Waals surface area contributed by atoms with E-state index >= 15 is 0 Å². The first-order valence-electron chi connectivity index (χ1n) is 6.62. The Morgan fingerprint density at radius 2 is 2.18 bits per heavy atom. The Kier molecular flexibility index (Phi) is 4.65. The third kappa shape index (κ3) is 3.91. The summed E-state index contributed by atoms with van der Waals surface area (Å²) >= 11 is 0. The summed E-state index contributed by atoms with van der Waals surface area (Å²) in [6.07, 6.45) is 10.2. The van der Waals surface area contributed by atoms with Gasteiger partial charge in [0.05, 0.1) is 7.11 Å². The molecule has 3 nitrogen and oxygen atoms in total. The van der Waals surface area contributed by atoms with Crippen LogP contribution in [-0.4, -0.2) is 18.6 Å². The largest absolute Gasteiger partial charge is 0.481 e. The smallest absolute Gasteiger partial charge is 0.214 e. The topological polar surface area (TPSA) is 34.1 Å². The van der Waals surface area contributed by atoms with Crippen molar-refractivity contribution in [3.05, 3.63) is 18.3 Å². The molecule has 0 spiro atoms. The maximum absolute atomic E-state index is 5.10. The van der Waals surface area contributed by atoms with Crippen LogP contribution >= 0.6 is 0 Å². The van der Waals surface area contributed by atoms with Gasteiger partial charge in [-0.2, -0.15) is 0 Å². The summed E-state index contributed by atoms with van der Waals surface area (Å²) in [5, 5.41) is 3.45. The highest BCUT2D eigenvalue weighted by atomic mass is 16.5. The van der Waals surface area contributed by atoms with E-state index in [1.807, 2.05) is 12.1 Å². The summed E-state index contributed by atoms with van der Waals surface area (Å²) in [7, 11) is 1.65. The van der Waals surface area contributed by atoms with Crippen molar-refractivity contribution in [3.63, 3.8) is 0 Å². The van der Waals surface area contributed by atoms with Gasteiger partial charge in [0, 0.05) is 24.5 Å². The summed E-state index contributed by atoms with van der Waals surface area (Å²) in [6, 6.07) is 3.93. The first kappa shape index (κ1) is 12.2. The van der Waals surface area contributed by atoms with Gasteiger partial charge in [0.1, 0.15) is 0 Å². The van der Waals surface area contributed by atoms with Crippen LogP contribution in [0.25, 0.3) is 0 Å². The quantitative estimate of drug-likeness (QED) is 0.847. The number of methoxy groups -OCH3 is 1. The van der Waals surface area contributed by atoms with Crippen LogP contribution in [0.2, 0.25) is 0 Å². The Labute approximate surface area is 104 Å². The van der Waals surface area contributed by atoms with E-state index in [9.17, 15) is 0 Å². The Hall–Kier alpha value is -1.25. The minimum absolute atomic E-state index is 0.674. The Morgan fingerprint density at radius 3 is 2.94 bits per heavy atom. The Balaban J connectivity index is 1.73. The first-order chi connectivity index (χ1) is 8.38. The van der Waals surface area contributed by atoms with Crippen molar-refractivity contribution in [2.45, 2.75) is 38.5 Å². The van der Waals surface area contributed by atoms with Crippen LogP contribution in [0.4, 0.5) is 5.69 Å². The van der Waals surface area contributed by atoms with Gasteiger partial charge in [-0.1, -0.05) is 32.1 Å². The zero-order chi connectivity index (χ0) is 11.9. The zero-order valence-electron chi connectivity index (χ0n) is 10.6. The minimum Gasteiger partial charge on any atom is -0.481 e. The summed E-state index contributed by atoms with van der Waals surface area (Å²) in [5.41, 5.74) is 1.10. The van der Waals surface area contributed by atoms with Crippen LogP contribution in [0.15, 0.2) is 18.3 Å². The van der Waals surface area contributed by atoms with Crippen molar-refractivity contribution in [2.75, 3.05) is 19.0 Å². The third-order valence-corrected chi connectivity index (χ3v) is 3.55. The summed E-state index contributed by atoms with van der Waals surface area (Å²) in [4.78, 5) is 4.09. The van der Waals surface area contributed by atoms with E-state index in [0.29, 0.717) is 5.88 Å². The molecule has 1 saturated carbocycles. The fourth-order valence-electron chi connectivity index (χ4n) is 2.53. The van der Waals surface area contributed by atoms with Gasteiger partial charge in [-0.05, 0) is 18.4 Å². The number of nitrogens with zero attached hydrogens (tertiary/aromatic N) is 1. The molecule has 0 saturated heterocycles. The Morgan fingerprint density at radius 1 is 1.35 bits per heavy atom. The van der Waals surface area contributed by atoms with Crippen molar-refractivity contribution in [2.24, 2.45) is 5.92 Å². The monoisotopic (exact) mass is 234 g/mol. The van der Waals surface area contributed by atoms with Gasteiger partial charge >= 0.3 is 0 Å². The molecular formula is C14H22N2O. The molecule has 1 heterocycles. The highest BCUT2D eigenvalue weighted by Crippen LogP contribution is 2.26. The number of nitrogens with one attached hydrogen (secondary N) is 1. The van der Waals surface area contributed by atoms with Gasteiger partial charge in [-0.15, -0.1) is 0 Å². The maximum Gasteiger partial charge on any atom is 0.214 e. The number of rotatable bonds is 5. The lowest BCUT2D eigenvalue weighted by Crippen LogP contribution is -2.12. The normalized spacial score (nSPS) is 16.8. The number of anilines is 1. The number of hydrogen-bond acceptors (Lipinski definition) is 3. The van der Waals surface area contributed by atoms with Gasteiger partial charge in [-0.25, -0.2) is 4.98 Å². The van der Waals surface area contributed by atoms with Crippen molar-refractivity contribution < 1.29 is 4.74 Å². The van der Waals surface area contributed by atoms with E-state index in [1.165, 1.54) is 38.5 Å². The number of aromatic nitrogens is 1. The van der Waals surface area contributed by atoms with E-state index in [2.05, 4.69) is 10.3 Å². The fourth-order valence-corrected chi connectivity index (χ4v) is 2.53. The van der Waals surface area contributed by atoms with Crippen LogP contribution in [-0.2, 0) is 0 Å². The first-order valence-corrected chi connectivity index (χ1v) is 6.62. The average Bonchev–Trinajstić information content (AvgIpc) is 2.40. The predicted octanol–water partition coefficient (Wildman–Crippen LogP) is 3.47. The lowest BCUT2D eigenvalue weighted by atomic mass is 9.87. The molecule has 17 heavy (non-hydrogen) atoms. The van der Waals surface area contributed by atoms with Crippen molar-refractivity contribution in [1.29, 1.82) is 0 Å². The fraction of sp³-hybridized carbons (Fsp3) is 0.643. The maximum atomic E-state index is 5.10. The molecule has 1 aliphatic carbocycles. The zero-order valence-corrected chi connectivity index (χ0v) is 10.6. The van der Waals surface area contributed by atoms with Gasteiger partial charge in [0.2, 0.25) is 5.88 Å². The molecule has 1 fully saturated rings. The van der Waals surface area contributed by atoms with Crippen LogP contribution in [0.5, 0.6) is 5.88 Å². The van der Waals surface area contributed by atoms with Crippen molar-refractivity contribution in [1.82, 2.24) is 4.98 Å². The standard InChI is InChI=1S/C14H22N2O/c1-17-14-11-13(8-10-16-14)15-9-7-12-5-3-2-4-6-12/h8,10-12H,2-7,9H2,1H3,(H,15,16). The van der Waals surface area contributed by atoms with Gasteiger partial charge in [0.15, 0.2) is 0 Å². The molecule has 0 radical (unpaired) electrons. The minimum atomic E-state index is 0.674. The predicted molar refractivity (Wildman–Crippen MR) is 70.5 cm³/mol. The molecule has 3 heteroatoms. The Bertz CT molecular complexity index is 335. The molecule has 1 aromatic heterocycles. The lowest BCUT2D eigenvalue weighted by Gasteiger charge is -2.21. The van der Waals surface area contributed by atoms with Crippen LogP contribution in [0.1, 0.15) is 38.5 Å². The van der Waals surface area contributed by atoms with E-state index < -0.39 is 0 Å². The number of ether oxygens (including phenoxy) is 1. The second kappa shape index (κ2) is 6.48. The van der Waals surface area contributed by atoms with Crippen LogP contribution in [0, 0.1) is 5.92 Å². The van der Waals surface area contributed by atoms with Crippen molar-refractivity contribution >= 4 is 5.69 Å². The number of hydrogen-bond donors (Lipinski definition) is 1. The van der Waals surface area contributed by atoms with Gasteiger partial charge in [-0.3, -0.25) is 0 Å². The molecular weight excluding hydrogens is 212 g/mol. The average molecular weight is 234 g/mol. The molecule has 1 aromatic rings. The van der Waals surface area contributed by atoms with Crippen LogP contribution < -0.4 is 10.1 Å². The summed E-state index contributed by atoms with van der Waals surface area (Å²) < 4.78 is 5.10. The molecule has 0 unspecified atom stereocenters. The van der Waals surface area contributed by atoms with E-state index in [4.69, 9.17) is 4.74 Å². The van der Waals surface area contributed by atoms with Gasteiger partial charge < -0.3 is 10.1 Å². The van der Waals surface area contributed by atoms with Gasteiger partial charge in [0.25, 0.3) is 0 Å². The molecule has 0 aliphatic heterocycles. The third-order valence-electron chi connectivity index (χ3n) is 3.55. The molecule has 2 rings (SSSR count). The molecule has 0 atom stereocenters. The molecule has 0 bridgehead atoms. The molecule has 0 aromatic carbocycles.